The Morgan fingerprint density at radius 3 is 2.33 bits per heavy atom. The molecular formula is C30H19NOS. The lowest BCUT2D eigenvalue weighted by atomic mass is 9.95. The van der Waals surface area contributed by atoms with E-state index in [1.807, 2.05) is 29.7 Å². The van der Waals surface area contributed by atoms with Crippen LogP contribution >= 0.6 is 11.3 Å². The van der Waals surface area contributed by atoms with Crippen LogP contribution in [0, 0.1) is 0 Å². The molecule has 0 aliphatic carbocycles. The molecule has 0 aliphatic heterocycles. The van der Waals surface area contributed by atoms with Gasteiger partial charge in [0, 0.05) is 48.8 Å². The van der Waals surface area contributed by atoms with Gasteiger partial charge in [-0.05, 0) is 35.2 Å². The van der Waals surface area contributed by atoms with Gasteiger partial charge in [0.15, 0.2) is 0 Å². The first-order chi connectivity index (χ1) is 16.4. The molecule has 0 atom stereocenters. The number of hydrogen-bond donors (Lipinski definition) is 1. The molecule has 7 rings (SSSR count). The summed E-state index contributed by atoms with van der Waals surface area (Å²) in [4.78, 5) is 4.62. The van der Waals surface area contributed by atoms with E-state index in [-0.39, 0.29) is 0 Å². The van der Waals surface area contributed by atoms with Crippen LogP contribution in [0.4, 0.5) is 0 Å². The molecule has 7 aromatic rings. The molecule has 0 aliphatic rings. The van der Waals surface area contributed by atoms with E-state index in [2.05, 4.69) is 96.0 Å². The molecule has 3 heterocycles. The van der Waals surface area contributed by atoms with Gasteiger partial charge in [0.2, 0.25) is 0 Å². The highest BCUT2D eigenvalue weighted by atomic mass is 32.1. The quantitative estimate of drug-likeness (QED) is 0.291. The van der Waals surface area contributed by atoms with Crippen molar-refractivity contribution in [3.8, 4) is 32.9 Å². The van der Waals surface area contributed by atoms with Gasteiger partial charge in [-0.15, -0.1) is 11.3 Å². The molecule has 2 nitrogen and oxygen atoms in total. The third-order valence-corrected chi connectivity index (χ3v) is 7.49. The van der Waals surface area contributed by atoms with E-state index in [9.17, 15) is 0 Å². The molecule has 4 aromatic carbocycles. The number of benzene rings is 4. The normalized spacial score (nSPS) is 11.6. The highest BCUT2D eigenvalue weighted by Gasteiger charge is 2.24. The van der Waals surface area contributed by atoms with Crippen molar-refractivity contribution in [2.45, 2.75) is 0 Å². The summed E-state index contributed by atoms with van der Waals surface area (Å²) < 4.78 is 7.76. The molecule has 0 saturated carbocycles. The molecule has 0 radical (unpaired) electrons. The summed E-state index contributed by atoms with van der Waals surface area (Å²) in [6.07, 6.45) is 2.00. The smallest absolute Gasteiger partial charge is 0.144 e. The van der Waals surface area contributed by atoms with Crippen molar-refractivity contribution in [1.29, 1.82) is 0 Å². The third kappa shape index (κ3) is 2.86. The number of para-hydroxylation sites is 1. The maximum absolute atomic E-state index is 6.48. The van der Waals surface area contributed by atoms with E-state index in [1.54, 1.807) is 0 Å². The van der Waals surface area contributed by atoms with Gasteiger partial charge >= 0.3 is 0 Å². The molecule has 156 valence electrons. The van der Waals surface area contributed by atoms with Crippen LogP contribution in [0.15, 0.2) is 114 Å². The summed E-state index contributed by atoms with van der Waals surface area (Å²) in [5.41, 5.74) is 6.78. The van der Waals surface area contributed by atoms with Gasteiger partial charge < -0.3 is 9.40 Å². The molecule has 0 unspecified atom stereocenters. The minimum atomic E-state index is 0.912. The van der Waals surface area contributed by atoms with Gasteiger partial charge in [-0.25, -0.2) is 0 Å². The van der Waals surface area contributed by atoms with Crippen LogP contribution in [0.3, 0.4) is 0 Å². The molecule has 3 aromatic heterocycles. The van der Waals surface area contributed by atoms with Crippen LogP contribution < -0.4 is 0 Å². The second-order valence-corrected chi connectivity index (χ2v) is 9.30. The van der Waals surface area contributed by atoms with Crippen molar-refractivity contribution >= 4 is 43.3 Å². The lowest BCUT2D eigenvalue weighted by Gasteiger charge is -2.08. The predicted molar refractivity (Wildman–Crippen MR) is 140 cm³/mol. The van der Waals surface area contributed by atoms with E-state index >= 15 is 0 Å². The van der Waals surface area contributed by atoms with Crippen molar-refractivity contribution in [2.24, 2.45) is 0 Å². The fourth-order valence-electron chi connectivity index (χ4n) is 4.78. The topological polar surface area (TPSA) is 28.9 Å². The first-order valence-corrected chi connectivity index (χ1v) is 11.8. The van der Waals surface area contributed by atoms with E-state index in [4.69, 9.17) is 4.42 Å². The van der Waals surface area contributed by atoms with Gasteiger partial charge in [0.05, 0.1) is 0 Å². The Hall–Kier alpha value is -4.08. The Labute approximate surface area is 194 Å². The summed E-state index contributed by atoms with van der Waals surface area (Å²) in [5, 5.41) is 3.64. The fraction of sp³-hybridized carbons (Fsp3) is 0. The summed E-state index contributed by atoms with van der Waals surface area (Å²) in [6.45, 7) is 0. The minimum absolute atomic E-state index is 0.912. The predicted octanol–water partition coefficient (Wildman–Crippen LogP) is 9.13. The Kier molecular flexibility index (Phi) is 4.05. The largest absolute Gasteiger partial charge is 0.455 e. The zero-order chi connectivity index (χ0) is 21.8. The van der Waals surface area contributed by atoms with Crippen molar-refractivity contribution in [3.05, 3.63) is 109 Å². The Bertz CT molecular complexity index is 1770. The number of H-pyrrole nitrogens is 1. The second-order valence-electron chi connectivity index (χ2n) is 8.25. The van der Waals surface area contributed by atoms with Gasteiger partial charge in [-0.3, -0.25) is 0 Å². The van der Waals surface area contributed by atoms with Gasteiger partial charge in [0.25, 0.3) is 0 Å². The van der Waals surface area contributed by atoms with Crippen LogP contribution in [0.2, 0.25) is 0 Å². The molecule has 1 N–H and O–H groups in total. The monoisotopic (exact) mass is 441 g/mol. The standard InChI is InChI=1S/C30H19NOS/c1-2-8-20(9-3-1)29-28(22-10-4-6-12-25(22)32-29)30-27(23-11-5-7-13-26(23)33-30)21-15-14-19-16-17-31-24(19)18-21/h1-18,31H. The highest BCUT2D eigenvalue weighted by Crippen LogP contribution is 2.51. The number of thiophene rings is 1. The zero-order valence-electron chi connectivity index (χ0n) is 17.7. The highest BCUT2D eigenvalue weighted by molar-refractivity contribution is 7.23. The molecule has 0 spiro atoms. The van der Waals surface area contributed by atoms with E-state index < -0.39 is 0 Å². The molecule has 0 bridgehead atoms. The minimum Gasteiger partial charge on any atom is -0.455 e. The Morgan fingerprint density at radius 1 is 0.636 bits per heavy atom. The molecular weight excluding hydrogens is 422 g/mol. The maximum atomic E-state index is 6.48. The Morgan fingerprint density at radius 2 is 1.42 bits per heavy atom. The van der Waals surface area contributed by atoms with Crippen LogP contribution in [-0.2, 0) is 0 Å². The first-order valence-electron chi connectivity index (χ1n) is 11.0. The van der Waals surface area contributed by atoms with Crippen molar-refractivity contribution in [1.82, 2.24) is 4.98 Å². The van der Waals surface area contributed by atoms with Crippen molar-refractivity contribution < 1.29 is 4.42 Å². The third-order valence-electron chi connectivity index (χ3n) is 6.30. The number of hydrogen-bond acceptors (Lipinski definition) is 2. The van der Waals surface area contributed by atoms with Gasteiger partial charge in [-0.2, -0.15) is 0 Å². The SMILES string of the molecule is c1ccc(-c2oc3ccccc3c2-c2sc3ccccc3c2-c2ccc3cc[nH]c3c2)cc1. The maximum Gasteiger partial charge on any atom is 0.144 e. The first kappa shape index (κ1) is 18.5. The van der Waals surface area contributed by atoms with E-state index in [1.165, 1.54) is 37.0 Å². The number of fused-ring (bicyclic) bond motifs is 3. The number of aromatic amines is 1. The summed E-state index contributed by atoms with van der Waals surface area (Å²) >= 11 is 1.84. The lowest BCUT2D eigenvalue weighted by molar-refractivity contribution is 0.632. The summed E-state index contributed by atoms with van der Waals surface area (Å²) in [6, 6.07) is 36.3. The second kappa shape index (κ2) is 7.22. The number of furan rings is 1. The number of nitrogens with one attached hydrogen (secondary N) is 1. The van der Waals surface area contributed by atoms with E-state index in [0.717, 1.165) is 27.8 Å². The van der Waals surface area contributed by atoms with Gasteiger partial charge in [0.1, 0.15) is 11.3 Å². The molecule has 0 saturated heterocycles. The molecule has 3 heteroatoms. The van der Waals surface area contributed by atoms with Crippen LogP contribution in [-0.4, -0.2) is 4.98 Å². The fourth-order valence-corrected chi connectivity index (χ4v) is 6.06. The van der Waals surface area contributed by atoms with Gasteiger partial charge in [-0.1, -0.05) is 78.9 Å². The molecule has 33 heavy (non-hydrogen) atoms. The van der Waals surface area contributed by atoms with Crippen molar-refractivity contribution in [3.63, 3.8) is 0 Å². The number of rotatable bonds is 3. The zero-order valence-corrected chi connectivity index (χ0v) is 18.5. The van der Waals surface area contributed by atoms with E-state index in [0.29, 0.717) is 0 Å². The average Bonchev–Trinajstić information content (AvgIpc) is 3.58. The molecule has 0 amide bonds. The number of aromatic nitrogens is 1. The van der Waals surface area contributed by atoms with Crippen LogP contribution in [0.25, 0.3) is 64.8 Å². The summed E-state index contributed by atoms with van der Waals surface area (Å²) in [5.74, 6) is 0.922. The Balaban J connectivity index is 1.61. The van der Waals surface area contributed by atoms with Crippen LogP contribution in [0.5, 0.6) is 0 Å². The summed E-state index contributed by atoms with van der Waals surface area (Å²) in [7, 11) is 0. The molecule has 0 fully saturated rings. The van der Waals surface area contributed by atoms with Crippen LogP contribution in [0.1, 0.15) is 0 Å². The lowest BCUT2D eigenvalue weighted by Crippen LogP contribution is -1.83. The van der Waals surface area contributed by atoms with Crippen molar-refractivity contribution in [2.75, 3.05) is 0 Å². The average molecular weight is 442 g/mol.